The number of phenolic OH excluding ortho intramolecular Hbond substituents is 2. The van der Waals surface area contributed by atoms with E-state index >= 15 is 8.78 Å². The Kier molecular flexibility index (Phi) is 10.0. The van der Waals surface area contributed by atoms with Gasteiger partial charge in [0.1, 0.15) is 22.9 Å². The molecule has 1 aliphatic rings. The van der Waals surface area contributed by atoms with Crippen molar-refractivity contribution in [3.05, 3.63) is 106 Å². The second-order valence-electron chi connectivity index (χ2n) is 11.0. The molecule has 0 saturated heterocycles. The van der Waals surface area contributed by atoms with Crippen molar-refractivity contribution in [2.24, 2.45) is 0 Å². The standard InChI is InChI=1S/C36H32F2N2O8/c1-3-5-15-47-35(45)19-9-7-11-21(17-19)39-31-29(37)27-28(34(44)26-24(42)14-13-23(41)25(26)33(27)43)30(38)32(31)40-22-12-8-10-20(18-22)36(46)48-16-6-4-2/h7-14,17-18,39-42H,3-6,15-16H2,1-2H3. The topological polar surface area (TPSA) is 151 Å². The number of hydrogen-bond donors (Lipinski definition) is 4. The number of ether oxygens (including phenoxy) is 2. The van der Waals surface area contributed by atoms with Gasteiger partial charge in [-0.1, -0.05) is 38.8 Å². The summed E-state index contributed by atoms with van der Waals surface area (Å²) in [5, 5.41) is 26.2. The Morgan fingerprint density at radius 3 is 1.42 bits per heavy atom. The van der Waals surface area contributed by atoms with Crippen molar-refractivity contribution < 1.29 is 47.6 Å². The summed E-state index contributed by atoms with van der Waals surface area (Å²) < 4.78 is 43.8. The number of hydrogen-bond acceptors (Lipinski definition) is 10. The molecular formula is C36H32F2N2O8. The van der Waals surface area contributed by atoms with Crippen molar-refractivity contribution in [3.63, 3.8) is 0 Å². The first-order valence-electron chi connectivity index (χ1n) is 15.3. The highest BCUT2D eigenvalue weighted by molar-refractivity contribution is 6.31. The van der Waals surface area contributed by atoms with Gasteiger partial charge in [-0.05, 0) is 61.4 Å². The number of esters is 2. The molecule has 0 aromatic heterocycles. The van der Waals surface area contributed by atoms with Crippen LogP contribution in [0.5, 0.6) is 11.5 Å². The van der Waals surface area contributed by atoms with Gasteiger partial charge >= 0.3 is 11.9 Å². The van der Waals surface area contributed by atoms with Gasteiger partial charge in [-0.3, -0.25) is 9.59 Å². The molecule has 4 aromatic carbocycles. The fraction of sp³-hybridized carbons (Fsp3) is 0.222. The summed E-state index contributed by atoms with van der Waals surface area (Å²) in [7, 11) is 0. The smallest absolute Gasteiger partial charge is 0.338 e. The Morgan fingerprint density at radius 2 is 1.04 bits per heavy atom. The normalized spacial score (nSPS) is 11.8. The number of anilines is 4. The van der Waals surface area contributed by atoms with Gasteiger partial charge in [-0.2, -0.15) is 0 Å². The summed E-state index contributed by atoms with van der Waals surface area (Å²) in [5.41, 5.74) is -4.11. The number of rotatable bonds is 12. The van der Waals surface area contributed by atoms with Gasteiger partial charge in [0, 0.05) is 11.4 Å². The number of aromatic hydroxyl groups is 2. The van der Waals surface area contributed by atoms with Crippen molar-refractivity contribution in [2.45, 2.75) is 39.5 Å². The fourth-order valence-electron chi connectivity index (χ4n) is 5.16. The predicted molar refractivity (Wildman–Crippen MR) is 173 cm³/mol. The zero-order chi connectivity index (χ0) is 34.5. The van der Waals surface area contributed by atoms with E-state index in [1.165, 1.54) is 48.5 Å². The molecule has 0 radical (unpaired) electrons. The van der Waals surface area contributed by atoms with Crippen molar-refractivity contribution in [1.82, 2.24) is 0 Å². The third-order valence-corrected chi connectivity index (χ3v) is 7.64. The predicted octanol–water partition coefficient (Wildman–Crippen LogP) is 7.55. The number of carbonyl (C=O) groups is 4. The average molecular weight is 659 g/mol. The Hall–Kier alpha value is -5.78. The van der Waals surface area contributed by atoms with Crippen LogP contribution in [0.1, 0.15) is 92.1 Å². The molecule has 0 aliphatic heterocycles. The van der Waals surface area contributed by atoms with Crippen molar-refractivity contribution >= 4 is 46.3 Å². The minimum atomic E-state index is -1.35. The Balaban J connectivity index is 1.63. The first-order valence-corrected chi connectivity index (χ1v) is 15.3. The van der Waals surface area contributed by atoms with Crippen LogP contribution in [0.2, 0.25) is 0 Å². The van der Waals surface area contributed by atoms with E-state index < -0.39 is 80.3 Å². The molecule has 0 saturated carbocycles. The first-order chi connectivity index (χ1) is 23.1. The average Bonchev–Trinajstić information content (AvgIpc) is 3.08. The van der Waals surface area contributed by atoms with Gasteiger partial charge in [0.2, 0.25) is 11.6 Å². The van der Waals surface area contributed by atoms with Gasteiger partial charge in [0.25, 0.3) is 0 Å². The second-order valence-corrected chi connectivity index (χ2v) is 11.0. The largest absolute Gasteiger partial charge is 0.507 e. The lowest BCUT2D eigenvalue weighted by atomic mass is 9.81. The zero-order valence-electron chi connectivity index (χ0n) is 26.1. The number of phenols is 2. The second kappa shape index (κ2) is 14.3. The molecule has 0 amide bonds. The zero-order valence-corrected chi connectivity index (χ0v) is 26.1. The van der Waals surface area contributed by atoms with Gasteiger partial charge in [0.15, 0.2) is 11.6 Å². The van der Waals surface area contributed by atoms with Crippen LogP contribution in [0.4, 0.5) is 31.5 Å². The van der Waals surface area contributed by atoms with Gasteiger partial charge < -0.3 is 30.3 Å². The maximum absolute atomic E-state index is 16.6. The lowest BCUT2D eigenvalue weighted by Gasteiger charge is -2.25. The highest BCUT2D eigenvalue weighted by Gasteiger charge is 2.41. The third-order valence-electron chi connectivity index (χ3n) is 7.64. The van der Waals surface area contributed by atoms with Crippen molar-refractivity contribution in [2.75, 3.05) is 23.8 Å². The monoisotopic (exact) mass is 658 g/mol. The number of benzene rings is 4. The molecule has 0 spiro atoms. The highest BCUT2D eigenvalue weighted by atomic mass is 19.1. The van der Waals surface area contributed by atoms with Crippen molar-refractivity contribution in [1.29, 1.82) is 0 Å². The molecule has 0 unspecified atom stereocenters. The molecule has 1 aliphatic carbocycles. The number of carbonyl (C=O) groups excluding carboxylic acids is 4. The van der Waals surface area contributed by atoms with E-state index in [0.717, 1.165) is 25.0 Å². The van der Waals surface area contributed by atoms with Gasteiger partial charge in [-0.15, -0.1) is 0 Å². The third kappa shape index (κ3) is 6.55. The summed E-state index contributed by atoms with van der Waals surface area (Å²) in [6, 6.07) is 13.4. The summed E-state index contributed by atoms with van der Waals surface area (Å²) in [5.74, 6) is -7.87. The highest BCUT2D eigenvalue weighted by Crippen LogP contribution is 2.45. The van der Waals surface area contributed by atoms with Crippen LogP contribution in [0.3, 0.4) is 0 Å². The molecular weight excluding hydrogens is 626 g/mol. The minimum Gasteiger partial charge on any atom is -0.507 e. The van der Waals surface area contributed by atoms with Crippen LogP contribution in [0, 0.1) is 11.6 Å². The molecule has 5 rings (SSSR count). The maximum Gasteiger partial charge on any atom is 0.338 e. The molecule has 0 atom stereocenters. The summed E-state index contributed by atoms with van der Waals surface area (Å²) in [6.07, 6.45) is 2.91. The SMILES string of the molecule is CCCCOC(=O)c1cccc(Nc2c(F)c3c(c(F)c2Nc2cccc(C(=O)OCCCC)c2)C(=O)c2c(O)ccc(O)c2C3=O)c1. The van der Waals surface area contributed by atoms with Crippen LogP contribution >= 0.6 is 0 Å². The van der Waals surface area contributed by atoms with Crippen LogP contribution in [-0.2, 0) is 9.47 Å². The number of ketones is 2. The number of nitrogens with one attached hydrogen (secondary N) is 2. The lowest BCUT2D eigenvalue weighted by Crippen LogP contribution is -2.26. The minimum absolute atomic E-state index is 0.102. The fourth-order valence-corrected chi connectivity index (χ4v) is 5.16. The van der Waals surface area contributed by atoms with Crippen molar-refractivity contribution in [3.8, 4) is 11.5 Å². The van der Waals surface area contributed by atoms with E-state index in [1.54, 1.807) is 0 Å². The lowest BCUT2D eigenvalue weighted by molar-refractivity contribution is 0.0490. The quantitative estimate of drug-likeness (QED) is 0.0601. The Morgan fingerprint density at radius 1 is 0.646 bits per heavy atom. The van der Waals surface area contributed by atoms with Crippen LogP contribution < -0.4 is 10.6 Å². The number of fused-ring (bicyclic) bond motifs is 2. The molecule has 4 aromatic rings. The number of halogens is 2. The Labute approximate surface area is 274 Å². The van der Waals surface area contributed by atoms with E-state index in [4.69, 9.17) is 9.47 Å². The van der Waals surface area contributed by atoms with E-state index in [1.807, 2.05) is 13.8 Å². The molecule has 4 N–H and O–H groups in total. The summed E-state index contributed by atoms with van der Waals surface area (Å²) in [6.45, 7) is 4.26. The molecule has 0 fully saturated rings. The molecule has 10 nitrogen and oxygen atoms in total. The molecule has 248 valence electrons. The van der Waals surface area contributed by atoms with Crippen LogP contribution in [-0.4, -0.2) is 46.9 Å². The molecule has 12 heteroatoms. The van der Waals surface area contributed by atoms with E-state index in [9.17, 15) is 29.4 Å². The van der Waals surface area contributed by atoms with Crippen LogP contribution in [0.15, 0.2) is 60.7 Å². The maximum atomic E-state index is 16.6. The van der Waals surface area contributed by atoms with Gasteiger partial charge in [-0.25, -0.2) is 18.4 Å². The van der Waals surface area contributed by atoms with E-state index in [2.05, 4.69) is 10.6 Å². The molecule has 48 heavy (non-hydrogen) atoms. The molecule has 0 bridgehead atoms. The molecule has 0 heterocycles. The van der Waals surface area contributed by atoms with Gasteiger partial charge in [0.05, 0.1) is 46.6 Å². The first kappa shape index (κ1) is 33.6. The number of unbranched alkanes of at least 4 members (excludes halogenated alkanes) is 2. The summed E-state index contributed by atoms with van der Waals surface area (Å²) >= 11 is 0. The summed E-state index contributed by atoms with van der Waals surface area (Å²) in [4.78, 5) is 52.4. The van der Waals surface area contributed by atoms with E-state index in [0.29, 0.717) is 12.8 Å². The van der Waals surface area contributed by atoms with E-state index in [-0.39, 0.29) is 35.7 Å². The Bertz CT molecular complexity index is 1800. The van der Waals surface area contributed by atoms with Crippen LogP contribution in [0.25, 0.3) is 0 Å².